The van der Waals surface area contributed by atoms with Crippen LogP contribution >= 0.6 is 23.2 Å². The molecular weight excluding hydrogens is 611 g/mol. The van der Waals surface area contributed by atoms with E-state index in [9.17, 15) is 4.79 Å². The molecule has 4 aromatic rings. The molecule has 4 unspecified atom stereocenters. The fourth-order valence-electron chi connectivity index (χ4n) is 7.42. The lowest BCUT2D eigenvalue weighted by atomic mass is 9.79. The van der Waals surface area contributed by atoms with Crippen molar-refractivity contribution in [2.45, 2.75) is 63.2 Å². The molecule has 11 nitrogen and oxygen atoms in total. The number of hydrazine groups is 1. The molecule has 0 saturated carbocycles. The summed E-state index contributed by atoms with van der Waals surface area (Å²) in [7, 11) is 0. The molecule has 13 heteroatoms. The molecule has 3 aromatic heterocycles. The van der Waals surface area contributed by atoms with Gasteiger partial charge in [0.1, 0.15) is 0 Å². The van der Waals surface area contributed by atoms with Crippen LogP contribution in [0.5, 0.6) is 0 Å². The number of hydrogen-bond acceptors (Lipinski definition) is 9. The van der Waals surface area contributed by atoms with Gasteiger partial charge in [-0.2, -0.15) is 0 Å². The van der Waals surface area contributed by atoms with Crippen LogP contribution < -0.4 is 26.6 Å². The molecular formula is C32H38Cl2N10O. The summed E-state index contributed by atoms with van der Waals surface area (Å²) in [4.78, 5) is 23.2. The Hall–Kier alpha value is -3.35. The van der Waals surface area contributed by atoms with Gasteiger partial charge in [-0.05, 0) is 80.9 Å². The number of aromatic nitrogens is 6. The molecule has 3 saturated heterocycles. The molecule has 3 fully saturated rings. The van der Waals surface area contributed by atoms with Gasteiger partial charge in [0.2, 0.25) is 0 Å². The van der Waals surface area contributed by atoms with Crippen LogP contribution in [-0.4, -0.2) is 67.3 Å². The molecule has 7 rings (SSSR count). The molecule has 6 heterocycles. The molecule has 0 aliphatic carbocycles. The van der Waals surface area contributed by atoms with Gasteiger partial charge < -0.3 is 15.6 Å². The zero-order valence-electron chi connectivity index (χ0n) is 25.2. The number of nitrogens with zero attached hydrogens (tertiary/aromatic N) is 7. The topological polar surface area (TPSA) is 118 Å². The Kier molecular flexibility index (Phi) is 8.87. The second kappa shape index (κ2) is 13.2. The van der Waals surface area contributed by atoms with Crippen LogP contribution in [0.25, 0.3) is 16.9 Å². The van der Waals surface area contributed by atoms with Gasteiger partial charge in [-0.15, -0.1) is 5.10 Å². The first kappa shape index (κ1) is 30.3. The van der Waals surface area contributed by atoms with E-state index in [1.807, 2.05) is 29.1 Å². The van der Waals surface area contributed by atoms with Gasteiger partial charge in [-0.3, -0.25) is 14.3 Å². The molecule has 3 N–H and O–H groups in total. The lowest BCUT2D eigenvalue weighted by Gasteiger charge is -2.43. The van der Waals surface area contributed by atoms with Gasteiger partial charge in [0, 0.05) is 41.5 Å². The Bertz CT molecular complexity index is 1680. The summed E-state index contributed by atoms with van der Waals surface area (Å²) >= 11 is 12.4. The number of anilines is 1. The monoisotopic (exact) mass is 648 g/mol. The van der Waals surface area contributed by atoms with E-state index in [2.05, 4.69) is 49.4 Å². The largest absolute Gasteiger partial charge is 0.312 e. The van der Waals surface area contributed by atoms with E-state index in [1.165, 1.54) is 0 Å². The Morgan fingerprint density at radius 3 is 2.73 bits per heavy atom. The molecule has 2 bridgehead atoms. The number of nitrogens with one attached hydrogen (secondary N) is 3. The zero-order chi connectivity index (χ0) is 30.9. The Labute approximate surface area is 272 Å². The maximum absolute atomic E-state index is 13.9. The fraction of sp³-hybridized carbons (Fsp3) is 0.469. The van der Waals surface area contributed by atoms with Gasteiger partial charge in [0.05, 0.1) is 47.9 Å². The minimum absolute atomic E-state index is 0.0194. The van der Waals surface area contributed by atoms with Crippen LogP contribution in [0.4, 0.5) is 5.69 Å². The Balaban J connectivity index is 1.21. The first-order chi connectivity index (χ1) is 21.9. The molecule has 1 aromatic carbocycles. The molecule has 0 amide bonds. The fourth-order valence-corrected chi connectivity index (χ4v) is 7.72. The van der Waals surface area contributed by atoms with Crippen LogP contribution in [0.15, 0.2) is 66.1 Å². The lowest BCUT2D eigenvalue weighted by Crippen LogP contribution is -2.55. The SMILES string of the molecule is C[C@@H]1CCC[C@H](n2cnc(-c3cc(Cl)ccc3-n3cc(Cl)nn3)cc2=O)C2CC(CCN2)C2C(CNN2c2cccnc2)NC1. The predicted octanol–water partition coefficient (Wildman–Crippen LogP) is 4.27. The van der Waals surface area contributed by atoms with E-state index in [0.717, 1.165) is 57.4 Å². The summed E-state index contributed by atoms with van der Waals surface area (Å²) in [6, 6.07) is 11.8. The van der Waals surface area contributed by atoms with Crippen molar-refractivity contribution >= 4 is 28.9 Å². The number of piperidine rings is 1. The van der Waals surface area contributed by atoms with E-state index >= 15 is 0 Å². The first-order valence-corrected chi connectivity index (χ1v) is 16.6. The summed E-state index contributed by atoms with van der Waals surface area (Å²) in [6.07, 6.45) is 12.1. The minimum atomic E-state index is -0.0873. The van der Waals surface area contributed by atoms with Gasteiger partial charge in [0.25, 0.3) is 5.56 Å². The summed E-state index contributed by atoms with van der Waals surface area (Å²) in [6.45, 7) is 5.06. The van der Waals surface area contributed by atoms with Crippen molar-refractivity contribution in [3.63, 3.8) is 0 Å². The standard InChI is InChI=1S/C32H38Cl2N10O/c1-20-4-2-6-29(26-12-21(9-11-36-26)32-27(37-15-20)17-39-44(32)23-5-3-10-35-16-23)42-19-38-25(14-31(42)45)24-13-22(33)7-8-28(24)43-18-30(34)40-41-43/h3,5,7-8,10,13-14,16,18-21,26-27,29,32,36-37,39H,2,4,6,9,11-12,15,17H2,1H3/t20-,21?,26?,27?,29+,32?/m1/s1. The van der Waals surface area contributed by atoms with Gasteiger partial charge in [-0.25, -0.2) is 15.1 Å². The highest BCUT2D eigenvalue weighted by Gasteiger charge is 2.43. The summed E-state index contributed by atoms with van der Waals surface area (Å²) in [5.74, 6) is 0.947. The van der Waals surface area contributed by atoms with Gasteiger partial charge in [-0.1, -0.05) is 41.8 Å². The third-order valence-corrected chi connectivity index (χ3v) is 10.0. The molecule has 6 atom stereocenters. The number of rotatable bonds is 4. The van der Waals surface area contributed by atoms with E-state index in [4.69, 9.17) is 28.2 Å². The third kappa shape index (κ3) is 6.37. The van der Waals surface area contributed by atoms with Crippen molar-refractivity contribution in [1.82, 2.24) is 45.6 Å². The molecule has 0 radical (unpaired) electrons. The first-order valence-electron chi connectivity index (χ1n) is 15.8. The van der Waals surface area contributed by atoms with Crippen LogP contribution in [0.2, 0.25) is 10.2 Å². The van der Waals surface area contributed by atoms with Crippen molar-refractivity contribution in [2.24, 2.45) is 11.8 Å². The number of pyridine rings is 1. The molecule has 236 valence electrons. The maximum atomic E-state index is 13.9. The summed E-state index contributed by atoms with van der Waals surface area (Å²) < 4.78 is 3.41. The van der Waals surface area contributed by atoms with Crippen molar-refractivity contribution in [2.75, 3.05) is 24.6 Å². The third-order valence-electron chi connectivity index (χ3n) is 9.61. The molecule has 3 aliphatic rings. The number of hydrogen-bond donors (Lipinski definition) is 3. The molecule has 45 heavy (non-hydrogen) atoms. The second-order valence-electron chi connectivity index (χ2n) is 12.6. The van der Waals surface area contributed by atoms with Crippen molar-refractivity contribution in [3.8, 4) is 16.9 Å². The highest BCUT2D eigenvalue weighted by molar-refractivity contribution is 6.31. The van der Waals surface area contributed by atoms with Crippen LogP contribution in [0, 0.1) is 11.8 Å². The number of fused-ring (bicyclic) bond motifs is 4. The smallest absolute Gasteiger partial charge is 0.254 e. The van der Waals surface area contributed by atoms with E-state index < -0.39 is 0 Å². The Morgan fingerprint density at radius 1 is 1.02 bits per heavy atom. The van der Waals surface area contributed by atoms with Crippen molar-refractivity contribution < 1.29 is 0 Å². The number of benzene rings is 1. The quantitative estimate of drug-likeness (QED) is 0.298. The minimum Gasteiger partial charge on any atom is -0.312 e. The van der Waals surface area contributed by atoms with Crippen LogP contribution in [0.3, 0.4) is 0 Å². The average Bonchev–Trinajstić information content (AvgIpc) is 3.69. The predicted molar refractivity (Wildman–Crippen MR) is 176 cm³/mol. The van der Waals surface area contributed by atoms with Gasteiger partial charge >= 0.3 is 0 Å². The highest BCUT2D eigenvalue weighted by Crippen LogP contribution is 2.36. The second-order valence-corrected chi connectivity index (χ2v) is 13.4. The summed E-state index contributed by atoms with van der Waals surface area (Å²) in [5.41, 5.74) is 6.56. The van der Waals surface area contributed by atoms with Gasteiger partial charge in [0.15, 0.2) is 5.15 Å². The van der Waals surface area contributed by atoms with Crippen molar-refractivity contribution in [1.29, 1.82) is 0 Å². The average molecular weight is 650 g/mol. The van der Waals surface area contributed by atoms with E-state index in [0.29, 0.717) is 39.8 Å². The lowest BCUT2D eigenvalue weighted by molar-refractivity contribution is 0.185. The van der Waals surface area contributed by atoms with Crippen molar-refractivity contribution in [3.05, 3.63) is 81.8 Å². The van der Waals surface area contributed by atoms with Crippen LogP contribution in [-0.2, 0) is 0 Å². The zero-order valence-corrected chi connectivity index (χ0v) is 26.7. The maximum Gasteiger partial charge on any atom is 0.254 e. The summed E-state index contributed by atoms with van der Waals surface area (Å²) in [5, 5.41) is 18.9. The normalized spacial score (nSPS) is 27.4. The Morgan fingerprint density at radius 2 is 1.93 bits per heavy atom. The molecule has 0 spiro atoms. The molecule has 3 aliphatic heterocycles. The highest BCUT2D eigenvalue weighted by atomic mass is 35.5. The van der Waals surface area contributed by atoms with E-state index in [1.54, 1.807) is 35.4 Å². The number of halogens is 2. The van der Waals surface area contributed by atoms with E-state index in [-0.39, 0.29) is 28.8 Å². The van der Waals surface area contributed by atoms with Crippen LogP contribution in [0.1, 0.15) is 45.1 Å².